The van der Waals surface area contributed by atoms with Crippen molar-refractivity contribution < 1.29 is 9.53 Å². The van der Waals surface area contributed by atoms with Gasteiger partial charge in [0.2, 0.25) is 5.91 Å². The molecule has 0 unspecified atom stereocenters. The largest absolute Gasteiger partial charge is 0.381 e. The minimum Gasteiger partial charge on any atom is -0.381 e. The molecule has 1 aliphatic rings. The van der Waals surface area contributed by atoms with Gasteiger partial charge in [-0.1, -0.05) is 20.8 Å². The Bertz CT molecular complexity index is 277. The van der Waals surface area contributed by atoms with Crippen molar-refractivity contribution in [1.82, 2.24) is 15.1 Å². The molecule has 1 fully saturated rings. The summed E-state index contributed by atoms with van der Waals surface area (Å²) >= 11 is 0. The molecule has 0 atom stereocenters. The molecular formula is C16H33N3O2. The molecule has 0 aliphatic carbocycles. The molecule has 1 heterocycles. The van der Waals surface area contributed by atoms with Gasteiger partial charge in [-0.05, 0) is 25.4 Å². The van der Waals surface area contributed by atoms with Crippen molar-refractivity contribution in [3.8, 4) is 0 Å². The molecule has 0 saturated carbocycles. The first kappa shape index (κ1) is 18.4. The number of rotatable bonds is 10. The lowest BCUT2D eigenvalue weighted by Crippen LogP contribution is -2.46. The SMILES string of the molecule is CCN1CCN(CCCNC(=O)CCOCC(C)C)CC1. The summed E-state index contributed by atoms with van der Waals surface area (Å²) in [7, 11) is 0. The van der Waals surface area contributed by atoms with Crippen LogP contribution < -0.4 is 5.32 Å². The second-order valence-electron chi connectivity index (χ2n) is 6.20. The highest BCUT2D eigenvalue weighted by molar-refractivity contribution is 5.75. The predicted octanol–water partition coefficient (Wildman–Crippen LogP) is 1.19. The van der Waals surface area contributed by atoms with Crippen LogP contribution >= 0.6 is 0 Å². The number of likely N-dealkylation sites (N-methyl/N-ethyl adjacent to an activating group) is 1. The summed E-state index contributed by atoms with van der Waals surface area (Å²) in [5.41, 5.74) is 0. The third-order valence-corrected chi connectivity index (χ3v) is 3.81. The quantitative estimate of drug-likeness (QED) is 0.616. The Hall–Kier alpha value is -0.650. The lowest BCUT2D eigenvalue weighted by Gasteiger charge is -2.33. The Morgan fingerprint density at radius 1 is 1.19 bits per heavy atom. The van der Waals surface area contributed by atoms with Gasteiger partial charge in [-0.15, -0.1) is 0 Å². The van der Waals surface area contributed by atoms with Gasteiger partial charge in [0.15, 0.2) is 0 Å². The summed E-state index contributed by atoms with van der Waals surface area (Å²) in [5, 5.41) is 2.97. The maximum atomic E-state index is 11.6. The Kier molecular flexibility index (Phi) is 9.63. The highest BCUT2D eigenvalue weighted by atomic mass is 16.5. The Morgan fingerprint density at radius 2 is 1.86 bits per heavy atom. The highest BCUT2D eigenvalue weighted by Crippen LogP contribution is 2.01. The first-order valence-electron chi connectivity index (χ1n) is 8.41. The van der Waals surface area contributed by atoms with Crippen molar-refractivity contribution in [1.29, 1.82) is 0 Å². The molecule has 1 saturated heterocycles. The average Bonchev–Trinajstić information content (AvgIpc) is 2.48. The van der Waals surface area contributed by atoms with Crippen LogP contribution in [0.3, 0.4) is 0 Å². The van der Waals surface area contributed by atoms with E-state index in [1.54, 1.807) is 0 Å². The summed E-state index contributed by atoms with van der Waals surface area (Å²) < 4.78 is 5.41. The van der Waals surface area contributed by atoms with E-state index in [0.717, 1.165) is 45.8 Å². The topological polar surface area (TPSA) is 44.8 Å². The number of hydrogen-bond acceptors (Lipinski definition) is 4. The third-order valence-electron chi connectivity index (χ3n) is 3.81. The number of carbonyl (C=O) groups excluding carboxylic acids is 1. The fourth-order valence-electron chi connectivity index (χ4n) is 2.43. The first-order chi connectivity index (χ1) is 10.1. The van der Waals surface area contributed by atoms with E-state index in [1.807, 2.05) is 0 Å². The smallest absolute Gasteiger partial charge is 0.222 e. The molecule has 21 heavy (non-hydrogen) atoms. The zero-order chi connectivity index (χ0) is 15.5. The van der Waals surface area contributed by atoms with E-state index >= 15 is 0 Å². The van der Waals surface area contributed by atoms with Crippen LogP contribution in [0.2, 0.25) is 0 Å². The van der Waals surface area contributed by atoms with Crippen molar-refractivity contribution in [3.05, 3.63) is 0 Å². The minimum atomic E-state index is 0.106. The van der Waals surface area contributed by atoms with Gasteiger partial charge in [-0.25, -0.2) is 0 Å². The van der Waals surface area contributed by atoms with E-state index in [-0.39, 0.29) is 5.91 Å². The molecule has 1 amide bonds. The molecular weight excluding hydrogens is 266 g/mol. The third kappa shape index (κ3) is 9.06. The number of hydrogen-bond donors (Lipinski definition) is 1. The molecule has 1 aliphatic heterocycles. The van der Waals surface area contributed by atoms with Crippen LogP contribution in [-0.4, -0.2) is 74.7 Å². The highest BCUT2D eigenvalue weighted by Gasteiger charge is 2.14. The van der Waals surface area contributed by atoms with Gasteiger partial charge in [0.25, 0.3) is 0 Å². The molecule has 0 bridgehead atoms. The lowest BCUT2D eigenvalue weighted by atomic mass is 10.2. The summed E-state index contributed by atoms with van der Waals surface area (Å²) in [6, 6.07) is 0. The second kappa shape index (κ2) is 11.0. The standard InChI is InChI=1S/C16H33N3O2/c1-4-18-9-11-19(12-10-18)8-5-7-17-16(20)6-13-21-14-15(2)3/h15H,4-14H2,1-3H3,(H,17,20). The number of nitrogens with zero attached hydrogens (tertiary/aromatic N) is 2. The number of piperazine rings is 1. The zero-order valence-electron chi connectivity index (χ0n) is 14.1. The van der Waals surface area contributed by atoms with E-state index in [1.165, 1.54) is 13.1 Å². The summed E-state index contributed by atoms with van der Waals surface area (Å²) in [5.74, 6) is 0.635. The van der Waals surface area contributed by atoms with Crippen molar-refractivity contribution in [3.63, 3.8) is 0 Å². The van der Waals surface area contributed by atoms with E-state index < -0.39 is 0 Å². The zero-order valence-corrected chi connectivity index (χ0v) is 14.1. The fraction of sp³-hybridized carbons (Fsp3) is 0.938. The summed E-state index contributed by atoms with van der Waals surface area (Å²) in [6.07, 6.45) is 1.51. The Morgan fingerprint density at radius 3 is 2.48 bits per heavy atom. The van der Waals surface area contributed by atoms with Crippen LogP contribution in [0.1, 0.15) is 33.6 Å². The molecule has 0 aromatic heterocycles. The molecule has 1 rings (SSSR count). The molecule has 0 aromatic rings. The second-order valence-corrected chi connectivity index (χ2v) is 6.20. The van der Waals surface area contributed by atoms with E-state index in [2.05, 4.69) is 35.9 Å². The molecule has 5 nitrogen and oxygen atoms in total. The Labute approximate surface area is 130 Å². The molecule has 0 spiro atoms. The molecule has 0 radical (unpaired) electrons. The maximum Gasteiger partial charge on any atom is 0.222 e. The summed E-state index contributed by atoms with van der Waals surface area (Å²) in [4.78, 5) is 16.6. The van der Waals surface area contributed by atoms with E-state index in [0.29, 0.717) is 18.9 Å². The molecule has 1 N–H and O–H groups in total. The van der Waals surface area contributed by atoms with Gasteiger partial charge in [0.1, 0.15) is 0 Å². The van der Waals surface area contributed by atoms with Crippen LogP contribution in [0.25, 0.3) is 0 Å². The van der Waals surface area contributed by atoms with E-state index in [9.17, 15) is 4.79 Å². The molecule has 124 valence electrons. The fourth-order valence-corrected chi connectivity index (χ4v) is 2.43. The van der Waals surface area contributed by atoms with Crippen molar-refractivity contribution >= 4 is 5.91 Å². The number of amides is 1. The van der Waals surface area contributed by atoms with Gasteiger partial charge >= 0.3 is 0 Å². The van der Waals surface area contributed by atoms with Gasteiger partial charge in [-0.2, -0.15) is 0 Å². The van der Waals surface area contributed by atoms with Crippen LogP contribution in [0.5, 0.6) is 0 Å². The monoisotopic (exact) mass is 299 g/mol. The van der Waals surface area contributed by atoms with Gasteiger partial charge < -0.3 is 19.9 Å². The lowest BCUT2D eigenvalue weighted by molar-refractivity contribution is -0.122. The minimum absolute atomic E-state index is 0.106. The van der Waals surface area contributed by atoms with E-state index in [4.69, 9.17) is 4.74 Å². The van der Waals surface area contributed by atoms with Gasteiger partial charge in [0.05, 0.1) is 6.61 Å². The number of carbonyl (C=O) groups is 1. The van der Waals surface area contributed by atoms with Crippen LogP contribution in [0, 0.1) is 5.92 Å². The van der Waals surface area contributed by atoms with Crippen molar-refractivity contribution in [2.75, 3.05) is 59.0 Å². The average molecular weight is 299 g/mol. The predicted molar refractivity (Wildman–Crippen MR) is 86.5 cm³/mol. The van der Waals surface area contributed by atoms with Gasteiger partial charge in [0, 0.05) is 45.8 Å². The van der Waals surface area contributed by atoms with Gasteiger partial charge in [-0.3, -0.25) is 4.79 Å². The molecule has 5 heteroatoms. The first-order valence-corrected chi connectivity index (χ1v) is 8.41. The van der Waals surface area contributed by atoms with Crippen LogP contribution in [-0.2, 0) is 9.53 Å². The number of nitrogens with one attached hydrogen (secondary N) is 1. The number of ether oxygens (including phenoxy) is 1. The normalized spacial score (nSPS) is 17.3. The summed E-state index contributed by atoms with van der Waals surface area (Å²) in [6.45, 7) is 15.4. The maximum absolute atomic E-state index is 11.6. The van der Waals surface area contributed by atoms with Crippen molar-refractivity contribution in [2.45, 2.75) is 33.6 Å². The van der Waals surface area contributed by atoms with Crippen LogP contribution in [0.15, 0.2) is 0 Å². The Balaban J connectivity index is 1.93. The van der Waals surface area contributed by atoms with Crippen molar-refractivity contribution in [2.24, 2.45) is 5.92 Å². The molecule has 0 aromatic carbocycles. The van der Waals surface area contributed by atoms with Crippen LogP contribution in [0.4, 0.5) is 0 Å².